The third-order valence-corrected chi connectivity index (χ3v) is 4.58. The van der Waals surface area contributed by atoms with Crippen molar-refractivity contribution in [1.29, 1.82) is 0 Å². The van der Waals surface area contributed by atoms with Gasteiger partial charge in [0.15, 0.2) is 0 Å². The average molecular weight is 266 g/mol. The van der Waals surface area contributed by atoms with Crippen molar-refractivity contribution in [1.82, 2.24) is 10.2 Å². The summed E-state index contributed by atoms with van der Waals surface area (Å²) >= 11 is 0. The summed E-state index contributed by atoms with van der Waals surface area (Å²) in [5.74, 6) is 0.185. The van der Waals surface area contributed by atoms with E-state index < -0.39 is 5.54 Å². The summed E-state index contributed by atoms with van der Waals surface area (Å²) in [4.78, 5) is 26.8. The van der Waals surface area contributed by atoms with Gasteiger partial charge in [0.05, 0.1) is 0 Å². The molecule has 0 bridgehead atoms. The third kappa shape index (κ3) is 2.49. The van der Waals surface area contributed by atoms with Crippen molar-refractivity contribution in [3.05, 3.63) is 0 Å². The molecule has 2 aliphatic rings. The van der Waals surface area contributed by atoms with E-state index in [1.54, 1.807) is 13.8 Å². The van der Waals surface area contributed by atoms with Gasteiger partial charge >= 0.3 is 0 Å². The fourth-order valence-corrected chi connectivity index (χ4v) is 3.24. The molecule has 1 saturated heterocycles. The van der Waals surface area contributed by atoms with Gasteiger partial charge in [-0.15, -0.1) is 0 Å². The molecule has 0 aromatic heterocycles. The van der Waals surface area contributed by atoms with E-state index in [1.165, 1.54) is 6.42 Å². The maximum Gasteiger partial charge on any atom is 0.248 e. The Balaban J connectivity index is 2.26. The number of rotatable bonds is 3. The van der Waals surface area contributed by atoms with Crippen LogP contribution in [-0.2, 0) is 9.59 Å². The van der Waals surface area contributed by atoms with Crippen LogP contribution in [0.5, 0.6) is 0 Å². The lowest BCUT2D eigenvalue weighted by Crippen LogP contribution is -2.70. The monoisotopic (exact) mass is 266 g/mol. The fourth-order valence-electron chi connectivity index (χ4n) is 3.24. The first-order valence-electron chi connectivity index (χ1n) is 7.29. The molecule has 0 aromatic rings. The Hall–Kier alpha value is -1.06. The number of piperazine rings is 1. The summed E-state index contributed by atoms with van der Waals surface area (Å²) in [6.07, 6.45) is 3.55. The average Bonchev–Trinajstić information content (AvgIpc) is 2.22. The summed E-state index contributed by atoms with van der Waals surface area (Å²) in [7, 11) is 0. The van der Waals surface area contributed by atoms with Gasteiger partial charge in [-0.25, -0.2) is 0 Å². The fraction of sp³-hybridized carbons (Fsp3) is 0.867. The third-order valence-electron chi connectivity index (χ3n) is 4.58. The van der Waals surface area contributed by atoms with Crippen molar-refractivity contribution in [3.63, 3.8) is 0 Å². The highest BCUT2D eigenvalue weighted by Crippen LogP contribution is 2.42. The summed E-state index contributed by atoms with van der Waals surface area (Å²) in [6, 6.07) is -0.321. The van der Waals surface area contributed by atoms with E-state index in [4.69, 9.17) is 0 Å². The molecule has 1 unspecified atom stereocenters. The molecule has 0 spiro atoms. The zero-order chi connectivity index (χ0) is 14.4. The first-order valence-corrected chi connectivity index (χ1v) is 7.29. The highest BCUT2D eigenvalue weighted by atomic mass is 16.2. The molecule has 1 aliphatic heterocycles. The Labute approximate surface area is 115 Å². The normalized spacial score (nSPS) is 29.2. The lowest BCUT2D eigenvalue weighted by molar-refractivity contribution is -0.158. The van der Waals surface area contributed by atoms with Crippen LogP contribution in [-0.4, -0.2) is 34.8 Å². The smallest absolute Gasteiger partial charge is 0.248 e. The second-order valence-corrected chi connectivity index (χ2v) is 7.40. The molecule has 4 nitrogen and oxygen atoms in total. The first kappa shape index (κ1) is 14.4. The van der Waals surface area contributed by atoms with Gasteiger partial charge in [0, 0.05) is 6.54 Å². The number of amides is 2. The van der Waals surface area contributed by atoms with E-state index in [-0.39, 0.29) is 29.2 Å². The predicted molar refractivity (Wildman–Crippen MR) is 74.5 cm³/mol. The Kier molecular flexibility index (Phi) is 3.40. The number of hydrogen-bond donors (Lipinski definition) is 1. The molecular formula is C15H26N2O2. The van der Waals surface area contributed by atoms with E-state index in [9.17, 15) is 9.59 Å². The van der Waals surface area contributed by atoms with Crippen LogP contribution in [0.2, 0.25) is 0 Å². The van der Waals surface area contributed by atoms with Crippen LogP contribution < -0.4 is 5.32 Å². The lowest BCUT2D eigenvalue weighted by Gasteiger charge is -2.50. The molecule has 2 fully saturated rings. The minimum absolute atomic E-state index is 0.0116. The maximum absolute atomic E-state index is 12.6. The van der Waals surface area contributed by atoms with E-state index in [0.29, 0.717) is 6.54 Å². The van der Waals surface area contributed by atoms with Crippen molar-refractivity contribution in [2.24, 2.45) is 11.3 Å². The molecule has 0 aromatic carbocycles. The van der Waals surface area contributed by atoms with Crippen LogP contribution in [0.15, 0.2) is 0 Å². The van der Waals surface area contributed by atoms with Crippen LogP contribution in [0.3, 0.4) is 0 Å². The summed E-state index contributed by atoms with van der Waals surface area (Å²) in [5, 5.41) is 2.86. The molecule has 108 valence electrons. The zero-order valence-corrected chi connectivity index (χ0v) is 12.7. The number of carbonyl (C=O) groups excluding carboxylic acids is 2. The second-order valence-electron chi connectivity index (χ2n) is 7.40. The van der Waals surface area contributed by atoms with Crippen molar-refractivity contribution >= 4 is 11.8 Å². The molecule has 19 heavy (non-hydrogen) atoms. The minimum atomic E-state index is -0.775. The van der Waals surface area contributed by atoms with Gasteiger partial charge in [-0.2, -0.15) is 0 Å². The van der Waals surface area contributed by atoms with E-state index in [0.717, 1.165) is 12.8 Å². The van der Waals surface area contributed by atoms with Gasteiger partial charge in [0.1, 0.15) is 11.6 Å². The summed E-state index contributed by atoms with van der Waals surface area (Å²) < 4.78 is 0. The van der Waals surface area contributed by atoms with E-state index >= 15 is 0 Å². The van der Waals surface area contributed by atoms with Crippen LogP contribution in [0, 0.1) is 11.3 Å². The van der Waals surface area contributed by atoms with Gasteiger partial charge in [-0.3, -0.25) is 9.59 Å². The Morgan fingerprint density at radius 1 is 1.26 bits per heavy atom. The molecular weight excluding hydrogens is 240 g/mol. The first-order chi connectivity index (χ1) is 8.66. The van der Waals surface area contributed by atoms with Crippen molar-refractivity contribution in [3.8, 4) is 0 Å². The van der Waals surface area contributed by atoms with E-state index in [1.807, 2.05) is 18.7 Å². The highest BCUT2D eigenvalue weighted by Gasteiger charge is 2.48. The highest BCUT2D eigenvalue weighted by molar-refractivity contribution is 5.99. The number of hydrogen-bond acceptors (Lipinski definition) is 2. The standard InChI is InChI=1S/C15H26N2O2/c1-10(2)11-12(18)16-14(3,4)13(19)17(11)9-15(5)7-6-8-15/h10-11H,6-9H2,1-5H3,(H,16,18). The molecule has 4 heteroatoms. The zero-order valence-electron chi connectivity index (χ0n) is 12.7. The van der Waals surface area contributed by atoms with Gasteiger partial charge in [0.2, 0.25) is 11.8 Å². The summed E-state index contributed by atoms with van der Waals surface area (Å²) in [6.45, 7) is 10.5. The van der Waals surface area contributed by atoms with Crippen molar-refractivity contribution < 1.29 is 9.59 Å². The van der Waals surface area contributed by atoms with Crippen molar-refractivity contribution in [2.45, 2.75) is 65.5 Å². The van der Waals surface area contributed by atoms with Gasteiger partial charge in [-0.05, 0) is 38.0 Å². The molecule has 1 saturated carbocycles. The van der Waals surface area contributed by atoms with Crippen LogP contribution in [0.25, 0.3) is 0 Å². The van der Waals surface area contributed by atoms with Gasteiger partial charge in [-0.1, -0.05) is 27.2 Å². The number of nitrogens with one attached hydrogen (secondary N) is 1. The van der Waals surface area contributed by atoms with Crippen molar-refractivity contribution in [2.75, 3.05) is 6.54 Å². The van der Waals surface area contributed by atoms with Crippen LogP contribution in [0.4, 0.5) is 0 Å². The Morgan fingerprint density at radius 2 is 1.84 bits per heavy atom. The number of nitrogens with zero attached hydrogens (tertiary/aromatic N) is 1. The Bertz CT molecular complexity index is 397. The van der Waals surface area contributed by atoms with Gasteiger partial charge in [0.25, 0.3) is 0 Å². The molecule has 1 N–H and O–H groups in total. The lowest BCUT2D eigenvalue weighted by atomic mass is 9.69. The largest absolute Gasteiger partial charge is 0.340 e. The predicted octanol–water partition coefficient (Wildman–Crippen LogP) is 1.94. The molecule has 0 radical (unpaired) electrons. The Morgan fingerprint density at radius 3 is 2.26 bits per heavy atom. The second kappa shape index (κ2) is 4.50. The molecule has 1 aliphatic carbocycles. The quantitative estimate of drug-likeness (QED) is 0.848. The molecule has 1 heterocycles. The molecule has 1 atom stereocenters. The summed E-state index contributed by atoms with van der Waals surface area (Å²) in [5.41, 5.74) is -0.570. The van der Waals surface area contributed by atoms with Crippen LogP contribution >= 0.6 is 0 Å². The molecule has 2 rings (SSSR count). The molecule has 2 amide bonds. The topological polar surface area (TPSA) is 49.4 Å². The maximum atomic E-state index is 12.6. The SMILES string of the molecule is CC(C)C1C(=O)NC(C)(C)C(=O)N1CC1(C)CCC1. The van der Waals surface area contributed by atoms with Crippen LogP contribution in [0.1, 0.15) is 53.9 Å². The minimum Gasteiger partial charge on any atom is -0.340 e. The van der Waals surface area contributed by atoms with E-state index in [2.05, 4.69) is 12.2 Å². The van der Waals surface area contributed by atoms with Gasteiger partial charge < -0.3 is 10.2 Å². The number of carbonyl (C=O) groups is 2.